The second-order valence-electron chi connectivity index (χ2n) is 4.47. The number of aromatic nitrogens is 3. The molecule has 0 unspecified atom stereocenters. The summed E-state index contributed by atoms with van der Waals surface area (Å²) in [6.45, 7) is 0. The van der Waals surface area contributed by atoms with Gasteiger partial charge >= 0.3 is 0 Å². The zero-order valence-corrected chi connectivity index (χ0v) is 11.4. The first kappa shape index (κ1) is 11.4. The summed E-state index contributed by atoms with van der Waals surface area (Å²) in [5.41, 5.74) is 4.00. The van der Waals surface area contributed by atoms with E-state index in [4.69, 9.17) is 5.10 Å². The Kier molecular flexibility index (Phi) is 2.60. The van der Waals surface area contributed by atoms with E-state index in [9.17, 15) is 0 Å². The third-order valence-corrected chi connectivity index (χ3v) is 4.09. The van der Waals surface area contributed by atoms with Crippen LogP contribution in [0.25, 0.3) is 27.5 Å². The molecule has 0 fully saturated rings. The Hall–Kier alpha value is -2.46. The van der Waals surface area contributed by atoms with Gasteiger partial charge in [-0.1, -0.05) is 36.4 Å². The van der Waals surface area contributed by atoms with Crippen LogP contribution in [0.15, 0.2) is 66.2 Å². The minimum atomic E-state index is 0.870. The Morgan fingerprint density at radius 2 is 1.85 bits per heavy atom. The Morgan fingerprint density at radius 1 is 0.950 bits per heavy atom. The average molecular weight is 277 g/mol. The van der Waals surface area contributed by atoms with E-state index >= 15 is 0 Å². The lowest BCUT2D eigenvalue weighted by molar-refractivity contribution is 0.954. The number of benzene rings is 1. The quantitative estimate of drug-likeness (QED) is 0.551. The van der Waals surface area contributed by atoms with Crippen molar-refractivity contribution in [1.82, 2.24) is 14.6 Å². The summed E-state index contributed by atoms with van der Waals surface area (Å²) in [6.07, 6.45) is 1.83. The summed E-state index contributed by atoms with van der Waals surface area (Å²) in [4.78, 5) is 5.60. The van der Waals surface area contributed by atoms with Crippen molar-refractivity contribution in [2.24, 2.45) is 0 Å². The molecule has 0 spiro atoms. The van der Waals surface area contributed by atoms with Crippen molar-refractivity contribution in [2.45, 2.75) is 0 Å². The number of fused-ring (bicyclic) bond motifs is 1. The average Bonchev–Trinajstić information content (AvgIpc) is 3.17. The predicted molar refractivity (Wildman–Crippen MR) is 81.7 cm³/mol. The molecule has 0 N–H and O–H groups in total. The van der Waals surface area contributed by atoms with Gasteiger partial charge < -0.3 is 0 Å². The summed E-state index contributed by atoms with van der Waals surface area (Å²) in [5.74, 6) is 0. The normalized spacial score (nSPS) is 11.0. The number of thiophene rings is 1. The highest BCUT2D eigenvalue weighted by molar-refractivity contribution is 7.13. The molecule has 0 bridgehead atoms. The highest BCUT2D eigenvalue weighted by Crippen LogP contribution is 2.26. The molecule has 1 aromatic carbocycles. The zero-order valence-electron chi connectivity index (χ0n) is 10.6. The molecule has 0 aliphatic heterocycles. The Balaban J connectivity index is 1.94. The summed E-state index contributed by atoms with van der Waals surface area (Å²) < 4.78 is 1.91. The molecule has 4 heteroatoms. The Morgan fingerprint density at radius 3 is 2.65 bits per heavy atom. The van der Waals surface area contributed by atoms with E-state index < -0.39 is 0 Å². The van der Waals surface area contributed by atoms with Gasteiger partial charge in [0.05, 0.1) is 16.3 Å². The third kappa shape index (κ3) is 1.82. The van der Waals surface area contributed by atoms with Crippen LogP contribution in [0.1, 0.15) is 0 Å². The van der Waals surface area contributed by atoms with Gasteiger partial charge in [-0.3, -0.25) is 0 Å². The van der Waals surface area contributed by atoms with E-state index in [1.54, 1.807) is 11.3 Å². The first-order valence-electron chi connectivity index (χ1n) is 6.36. The van der Waals surface area contributed by atoms with E-state index in [1.165, 1.54) is 4.88 Å². The minimum Gasteiger partial charge on any atom is -0.237 e. The molecule has 4 aromatic rings. The minimum absolute atomic E-state index is 0.870. The molecule has 0 aliphatic carbocycles. The number of hydrogen-bond acceptors (Lipinski definition) is 3. The third-order valence-electron chi connectivity index (χ3n) is 3.20. The fourth-order valence-corrected chi connectivity index (χ4v) is 2.99. The summed E-state index contributed by atoms with van der Waals surface area (Å²) in [5, 5.41) is 6.77. The van der Waals surface area contributed by atoms with Gasteiger partial charge in [0.2, 0.25) is 0 Å². The second kappa shape index (κ2) is 4.58. The van der Waals surface area contributed by atoms with Crippen molar-refractivity contribution in [3.63, 3.8) is 0 Å². The van der Waals surface area contributed by atoms with Crippen LogP contribution in [0.4, 0.5) is 0 Å². The number of hydrogen-bond donors (Lipinski definition) is 0. The topological polar surface area (TPSA) is 30.2 Å². The van der Waals surface area contributed by atoms with Crippen LogP contribution in [0, 0.1) is 0 Å². The van der Waals surface area contributed by atoms with Crippen LogP contribution >= 0.6 is 11.3 Å². The van der Waals surface area contributed by atoms with Crippen molar-refractivity contribution in [3.05, 3.63) is 66.2 Å². The number of nitrogens with zero attached hydrogens (tertiary/aromatic N) is 3. The van der Waals surface area contributed by atoms with Crippen molar-refractivity contribution in [1.29, 1.82) is 0 Å². The maximum Gasteiger partial charge on any atom is 0.156 e. The van der Waals surface area contributed by atoms with Crippen molar-refractivity contribution >= 4 is 17.0 Å². The molecular formula is C16H11N3S. The monoisotopic (exact) mass is 277 g/mol. The standard InChI is InChI=1S/C16H11N3S/c1-2-5-12(6-3-1)13-11-16-17-9-8-14(19(16)18-13)15-7-4-10-20-15/h1-11H. The molecule has 3 aromatic heterocycles. The molecule has 3 nitrogen and oxygen atoms in total. The van der Waals surface area contributed by atoms with E-state index in [-0.39, 0.29) is 0 Å². The van der Waals surface area contributed by atoms with Gasteiger partial charge in [-0.25, -0.2) is 9.50 Å². The summed E-state index contributed by atoms with van der Waals surface area (Å²) >= 11 is 1.71. The van der Waals surface area contributed by atoms with Crippen molar-refractivity contribution in [2.75, 3.05) is 0 Å². The smallest absolute Gasteiger partial charge is 0.156 e. The summed E-state index contributed by atoms with van der Waals surface area (Å²) in [6, 6.07) is 18.3. The van der Waals surface area contributed by atoms with E-state index in [0.29, 0.717) is 0 Å². The zero-order chi connectivity index (χ0) is 13.4. The van der Waals surface area contributed by atoms with Crippen LogP contribution in [0.3, 0.4) is 0 Å². The lowest BCUT2D eigenvalue weighted by atomic mass is 10.2. The molecule has 0 saturated carbocycles. The summed E-state index contributed by atoms with van der Waals surface area (Å²) in [7, 11) is 0. The Labute approximate surface area is 120 Å². The number of rotatable bonds is 2. The molecule has 96 valence electrons. The van der Waals surface area contributed by atoms with Gasteiger partial charge in [0.1, 0.15) is 0 Å². The SMILES string of the molecule is c1ccc(-c2cc3nccc(-c4cccs4)n3n2)cc1. The highest BCUT2D eigenvalue weighted by atomic mass is 32.1. The van der Waals surface area contributed by atoms with Crippen LogP contribution in [-0.2, 0) is 0 Å². The first-order valence-corrected chi connectivity index (χ1v) is 7.24. The van der Waals surface area contributed by atoms with Crippen LogP contribution in [0.5, 0.6) is 0 Å². The van der Waals surface area contributed by atoms with Crippen LogP contribution in [0.2, 0.25) is 0 Å². The first-order chi connectivity index (χ1) is 9.92. The second-order valence-corrected chi connectivity index (χ2v) is 5.42. The molecule has 0 aliphatic rings. The largest absolute Gasteiger partial charge is 0.237 e. The van der Waals surface area contributed by atoms with Gasteiger partial charge in [0, 0.05) is 17.8 Å². The van der Waals surface area contributed by atoms with Gasteiger partial charge in [-0.2, -0.15) is 5.10 Å². The van der Waals surface area contributed by atoms with E-state index in [2.05, 4.69) is 28.6 Å². The predicted octanol–water partition coefficient (Wildman–Crippen LogP) is 4.12. The molecule has 0 amide bonds. The molecule has 4 rings (SSSR count). The van der Waals surface area contributed by atoms with E-state index in [0.717, 1.165) is 22.6 Å². The van der Waals surface area contributed by atoms with E-state index in [1.807, 2.05) is 47.1 Å². The molecule has 20 heavy (non-hydrogen) atoms. The lowest BCUT2D eigenvalue weighted by Gasteiger charge is -2.00. The van der Waals surface area contributed by atoms with Gasteiger partial charge in [0.15, 0.2) is 5.65 Å². The highest BCUT2D eigenvalue weighted by Gasteiger charge is 2.09. The molecule has 0 radical (unpaired) electrons. The maximum atomic E-state index is 4.70. The fourth-order valence-electron chi connectivity index (χ4n) is 2.26. The molecule has 0 saturated heterocycles. The lowest BCUT2D eigenvalue weighted by Crippen LogP contribution is -1.94. The van der Waals surface area contributed by atoms with Crippen molar-refractivity contribution < 1.29 is 0 Å². The molecule has 3 heterocycles. The van der Waals surface area contributed by atoms with Crippen LogP contribution in [-0.4, -0.2) is 14.6 Å². The van der Waals surface area contributed by atoms with Gasteiger partial charge in [0.25, 0.3) is 0 Å². The Bertz CT molecular complexity index is 848. The fraction of sp³-hybridized carbons (Fsp3) is 0. The van der Waals surface area contributed by atoms with Crippen LogP contribution < -0.4 is 0 Å². The van der Waals surface area contributed by atoms with Gasteiger partial charge in [-0.15, -0.1) is 11.3 Å². The molecular weight excluding hydrogens is 266 g/mol. The van der Waals surface area contributed by atoms with Gasteiger partial charge in [-0.05, 0) is 17.5 Å². The van der Waals surface area contributed by atoms with Crippen molar-refractivity contribution in [3.8, 4) is 21.8 Å². The molecule has 0 atom stereocenters. The maximum absolute atomic E-state index is 4.70.